The maximum absolute atomic E-state index is 11.8. The van der Waals surface area contributed by atoms with E-state index >= 15 is 0 Å². The summed E-state index contributed by atoms with van der Waals surface area (Å²) in [6, 6.07) is 5.03. The smallest absolute Gasteiger partial charge is 0.273 e. The predicted octanol–water partition coefficient (Wildman–Crippen LogP) is 3.91. The topological polar surface area (TPSA) is 34.9 Å². The van der Waals surface area contributed by atoms with Crippen LogP contribution in [-0.2, 0) is 6.54 Å². The van der Waals surface area contributed by atoms with Gasteiger partial charge in [0.25, 0.3) is 5.56 Å². The third-order valence-corrected chi connectivity index (χ3v) is 3.61. The highest BCUT2D eigenvalue weighted by Gasteiger charge is 2.09. The van der Waals surface area contributed by atoms with Crippen molar-refractivity contribution < 1.29 is 0 Å². The number of rotatable bonds is 2. The molecule has 0 aliphatic carbocycles. The van der Waals surface area contributed by atoms with E-state index in [2.05, 4.69) is 4.98 Å². The number of hydrogen-bond donors (Lipinski definition) is 0. The molecule has 1 heterocycles. The fraction of sp³-hybridized carbons (Fsp3) is 0.0909. The molecule has 0 unspecified atom stereocenters. The number of benzene rings is 1. The van der Waals surface area contributed by atoms with Gasteiger partial charge in [0.05, 0.1) is 12.9 Å². The van der Waals surface area contributed by atoms with Crippen LogP contribution in [0.2, 0.25) is 20.2 Å². The summed E-state index contributed by atoms with van der Waals surface area (Å²) in [5.41, 5.74) is 0.325. The van der Waals surface area contributed by atoms with Gasteiger partial charge in [-0.2, -0.15) is 0 Å². The Balaban J connectivity index is 2.41. The molecule has 94 valence electrons. The fourth-order valence-electron chi connectivity index (χ4n) is 1.39. The molecule has 1 aromatic carbocycles. The molecule has 2 aromatic rings. The van der Waals surface area contributed by atoms with Gasteiger partial charge >= 0.3 is 0 Å². The molecule has 0 radical (unpaired) electrons. The molecular weight excluding hydrogens is 318 g/mol. The minimum absolute atomic E-state index is 0.0138. The Hall–Kier alpha value is -0.740. The van der Waals surface area contributed by atoms with Gasteiger partial charge in [-0.1, -0.05) is 52.5 Å². The van der Waals surface area contributed by atoms with Crippen LogP contribution >= 0.6 is 46.4 Å². The normalized spacial score (nSPS) is 10.7. The zero-order valence-corrected chi connectivity index (χ0v) is 11.9. The minimum atomic E-state index is -0.414. The molecule has 1 aromatic heterocycles. The second-order valence-electron chi connectivity index (χ2n) is 3.52. The SMILES string of the molecule is O=c1c(Cl)c(Cl)ncn1Cc1ccc(Cl)cc1Cl. The van der Waals surface area contributed by atoms with Crippen LogP contribution in [0.1, 0.15) is 5.56 Å². The molecule has 18 heavy (non-hydrogen) atoms. The van der Waals surface area contributed by atoms with Crippen LogP contribution in [0, 0.1) is 0 Å². The zero-order valence-electron chi connectivity index (χ0n) is 8.83. The van der Waals surface area contributed by atoms with Gasteiger partial charge in [-0.05, 0) is 17.7 Å². The van der Waals surface area contributed by atoms with Gasteiger partial charge in [0.1, 0.15) is 5.02 Å². The molecule has 0 aliphatic heterocycles. The first-order valence-corrected chi connectivity index (χ1v) is 6.34. The molecule has 0 atom stereocenters. The fourth-order valence-corrected chi connectivity index (χ4v) is 2.14. The highest BCUT2D eigenvalue weighted by atomic mass is 35.5. The quantitative estimate of drug-likeness (QED) is 0.785. The molecule has 0 aliphatic rings. The van der Waals surface area contributed by atoms with E-state index < -0.39 is 5.56 Å². The van der Waals surface area contributed by atoms with Crippen molar-refractivity contribution in [2.45, 2.75) is 6.54 Å². The molecule has 2 rings (SSSR count). The average molecular weight is 324 g/mol. The standard InChI is InChI=1S/C11H6Cl4N2O/c12-7-2-1-6(8(13)3-7)4-17-5-16-10(15)9(14)11(17)18/h1-3,5H,4H2. The Morgan fingerprint density at radius 1 is 1.17 bits per heavy atom. The monoisotopic (exact) mass is 322 g/mol. The second kappa shape index (κ2) is 5.49. The lowest BCUT2D eigenvalue weighted by Gasteiger charge is -2.08. The van der Waals surface area contributed by atoms with Gasteiger partial charge in [-0.15, -0.1) is 0 Å². The first-order chi connectivity index (χ1) is 8.49. The van der Waals surface area contributed by atoms with E-state index in [1.807, 2.05) is 0 Å². The summed E-state index contributed by atoms with van der Waals surface area (Å²) < 4.78 is 1.32. The van der Waals surface area contributed by atoms with Gasteiger partial charge in [-0.3, -0.25) is 9.36 Å². The highest BCUT2D eigenvalue weighted by molar-refractivity contribution is 6.41. The van der Waals surface area contributed by atoms with Gasteiger partial charge in [-0.25, -0.2) is 4.98 Å². The van der Waals surface area contributed by atoms with Crippen molar-refractivity contribution in [3.8, 4) is 0 Å². The molecule has 3 nitrogen and oxygen atoms in total. The van der Waals surface area contributed by atoms with E-state index in [1.165, 1.54) is 10.9 Å². The van der Waals surface area contributed by atoms with Gasteiger partial charge in [0.15, 0.2) is 5.15 Å². The third-order valence-electron chi connectivity index (χ3n) is 2.30. The Bertz CT molecular complexity index is 654. The first kappa shape index (κ1) is 13.7. The van der Waals surface area contributed by atoms with Crippen LogP contribution in [-0.4, -0.2) is 9.55 Å². The zero-order chi connectivity index (χ0) is 13.3. The van der Waals surface area contributed by atoms with Crippen LogP contribution in [0.4, 0.5) is 0 Å². The van der Waals surface area contributed by atoms with Crippen LogP contribution < -0.4 is 5.56 Å². The van der Waals surface area contributed by atoms with Gasteiger partial charge in [0.2, 0.25) is 0 Å². The average Bonchev–Trinajstić information content (AvgIpc) is 2.33. The summed E-state index contributed by atoms with van der Waals surface area (Å²) in [5, 5.41) is 0.883. The summed E-state index contributed by atoms with van der Waals surface area (Å²) in [5.74, 6) is 0. The van der Waals surface area contributed by atoms with E-state index in [4.69, 9.17) is 46.4 Å². The molecule has 0 saturated carbocycles. The summed E-state index contributed by atoms with van der Waals surface area (Å²) >= 11 is 23.2. The third kappa shape index (κ3) is 2.81. The lowest BCUT2D eigenvalue weighted by atomic mass is 10.2. The minimum Gasteiger partial charge on any atom is -0.293 e. The molecular formula is C11H6Cl4N2O. The van der Waals surface area contributed by atoms with Crippen molar-refractivity contribution in [3.63, 3.8) is 0 Å². The van der Waals surface area contributed by atoms with Crippen molar-refractivity contribution >= 4 is 46.4 Å². The lowest BCUT2D eigenvalue weighted by Crippen LogP contribution is -2.21. The number of halogens is 4. The summed E-state index contributed by atoms with van der Waals surface area (Å²) in [4.78, 5) is 15.6. The first-order valence-electron chi connectivity index (χ1n) is 4.83. The second-order valence-corrected chi connectivity index (χ2v) is 5.10. The summed E-state index contributed by atoms with van der Waals surface area (Å²) in [6.45, 7) is 0.249. The van der Waals surface area contributed by atoms with E-state index in [1.54, 1.807) is 18.2 Å². The number of hydrogen-bond acceptors (Lipinski definition) is 2. The molecule has 0 saturated heterocycles. The van der Waals surface area contributed by atoms with E-state index in [0.29, 0.717) is 10.0 Å². The predicted molar refractivity (Wildman–Crippen MR) is 74.1 cm³/mol. The van der Waals surface area contributed by atoms with Crippen LogP contribution in [0.25, 0.3) is 0 Å². The Kier molecular flexibility index (Phi) is 4.17. The van der Waals surface area contributed by atoms with Crippen molar-refractivity contribution in [2.75, 3.05) is 0 Å². The van der Waals surface area contributed by atoms with Crippen molar-refractivity contribution in [1.29, 1.82) is 0 Å². The number of aromatic nitrogens is 2. The van der Waals surface area contributed by atoms with Crippen LogP contribution in [0.15, 0.2) is 29.3 Å². The highest BCUT2D eigenvalue weighted by Crippen LogP contribution is 2.21. The van der Waals surface area contributed by atoms with Crippen molar-refractivity contribution in [2.24, 2.45) is 0 Å². The summed E-state index contributed by atoms with van der Waals surface area (Å²) in [7, 11) is 0. The lowest BCUT2D eigenvalue weighted by molar-refractivity contribution is 0.736. The molecule has 0 spiro atoms. The van der Waals surface area contributed by atoms with Crippen molar-refractivity contribution in [1.82, 2.24) is 9.55 Å². The van der Waals surface area contributed by atoms with Gasteiger partial charge in [0, 0.05) is 10.0 Å². The molecule has 0 bridgehead atoms. The molecule has 0 amide bonds. The molecule has 0 fully saturated rings. The Morgan fingerprint density at radius 2 is 1.89 bits per heavy atom. The van der Waals surface area contributed by atoms with Crippen LogP contribution in [0.3, 0.4) is 0 Å². The van der Waals surface area contributed by atoms with Crippen LogP contribution in [0.5, 0.6) is 0 Å². The van der Waals surface area contributed by atoms with E-state index in [-0.39, 0.29) is 16.7 Å². The summed E-state index contributed by atoms with van der Waals surface area (Å²) in [6.07, 6.45) is 1.32. The molecule has 0 N–H and O–H groups in total. The van der Waals surface area contributed by atoms with E-state index in [9.17, 15) is 4.79 Å². The van der Waals surface area contributed by atoms with E-state index in [0.717, 1.165) is 5.56 Å². The maximum atomic E-state index is 11.8. The van der Waals surface area contributed by atoms with Gasteiger partial charge < -0.3 is 0 Å². The van der Waals surface area contributed by atoms with Crippen molar-refractivity contribution in [3.05, 3.63) is 60.7 Å². The Labute approximate surface area is 123 Å². The Morgan fingerprint density at radius 3 is 2.56 bits per heavy atom. The maximum Gasteiger partial charge on any atom is 0.273 e. The number of nitrogens with zero attached hydrogens (tertiary/aromatic N) is 2. The largest absolute Gasteiger partial charge is 0.293 e. The molecule has 7 heteroatoms.